The molecule has 0 fully saturated rings. The Labute approximate surface area is 98.1 Å². The molecule has 1 unspecified atom stereocenters. The molecule has 1 atom stereocenters. The van der Waals surface area contributed by atoms with Crippen LogP contribution in [-0.2, 0) is 6.42 Å². The molecule has 1 rings (SSSR count). The number of aliphatic hydroxyl groups is 1. The number of halogens is 1. The molecular weight excluding hydrogens is 260 g/mol. The van der Waals surface area contributed by atoms with E-state index in [1.807, 2.05) is 18.2 Å². The highest BCUT2D eigenvalue weighted by Crippen LogP contribution is 2.29. The van der Waals surface area contributed by atoms with Gasteiger partial charge in [-0.25, -0.2) is 0 Å². The molecule has 4 heteroatoms. The highest BCUT2D eigenvalue weighted by Gasteiger charge is 2.16. The van der Waals surface area contributed by atoms with E-state index < -0.39 is 4.51 Å². The third kappa shape index (κ3) is 3.72. The van der Waals surface area contributed by atoms with Crippen molar-refractivity contribution in [2.45, 2.75) is 17.9 Å². The topological polar surface area (TPSA) is 38.7 Å². The van der Waals surface area contributed by atoms with Crippen LogP contribution >= 0.6 is 15.9 Å². The van der Waals surface area contributed by atoms with Gasteiger partial charge < -0.3 is 14.6 Å². The fourth-order valence-electron chi connectivity index (χ4n) is 1.36. The minimum atomic E-state index is -0.896. The summed E-state index contributed by atoms with van der Waals surface area (Å²) in [7, 11) is 3.19. The summed E-state index contributed by atoms with van der Waals surface area (Å²) >= 11 is 3.18. The van der Waals surface area contributed by atoms with Gasteiger partial charge in [-0.15, -0.1) is 0 Å². The fraction of sp³-hybridized carbons (Fsp3) is 0.455. The summed E-state index contributed by atoms with van der Waals surface area (Å²) < 4.78 is 9.40. The Balaban J connectivity index is 2.93. The largest absolute Gasteiger partial charge is 0.493 e. The van der Waals surface area contributed by atoms with Crippen molar-refractivity contribution in [3.05, 3.63) is 23.8 Å². The van der Waals surface area contributed by atoms with Crippen LogP contribution in [0.4, 0.5) is 0 Å². The minimum Gasteiger partial charge on any atom is -0.493 e. The van der Waals surface area contributed by atoms with Crippen molar-refractivity contribution in [3.8, 4) is 11.5 Å². The Bertz CT molecular complexity index is 331. The lowest BCUT2D eigenvalue weighted by Crippen LogP contribution is -2.17. The van der Waals surface area contributed by atoms with Gasteiger partial charge in [-0.05, 0) is 24.6 Å². The monoisotopic (exact) mass is 274 g/mol. The van der Waals surface area contributed by atoms with Gasteiger partial charge in [0.15, 0.2) is 11.5 Å². The molecule has 0 aliphatic carbocycles. The van der Waals surface area contributed by atoms with Crippen LogP contribution in [0.15, 0.2) is 18.2 Å². The van der Waals surface area contributed by atoms with Crippen LogP contribution in [0.3, 0.4) is 0 Å². The van der Waals surface area contributed by atoms with E-state index in [4.69, 9.17) is 9.47 Å². The van der Waals surface area contributed by atoms with E-state index >= 15 is 0 Å². The molecule has 0 saturated heterocycles. The second-order valence-electron chi connectivity index (χ2n) is 3.51. The third-order valence-corrected chi connectivity index (χ3v) is 2.26. The first-order valence-corrected chi connectivity index (χ1v) is 5.38. The average Bonchev–Trinajstić information content (AvgIpc) is 2.15. The molecule has 3 nitrogen and oxygen atoms in total. The maximum atomic E-state index is 9.61. The Morgan fingerprint density at radius 2 is 1.87 bits per heavy atom. The SMILES string of the molecule is COc1ccc(CC(C)(O)Br)cc1OC. The number of ether oxygens (including phenoxy) is 2. The van der Waals surface area contributed by atoms with E-state index in [1.54, 1.807) is 21.1 Å². The summed E-state index contributed by atoms with van der Waals surface area (Å²) in [6.07, 6.45) is 0.507. The zero-order valence-electron chi connectivity index (χ0n) is 9.08. The second-order valence-corrected chi connectivity index (χ2v) is 5.22. The van der Waals surface area contributed by atoms with Crippen LogP contribution in [0.2, 0.25) is 0 Å². The van der Waals surface area contributed by atoms with Crippen LogP contribution in [0.1, 0.15) is 12.5 Å². The lowest BCUT2D eigenvalue weighted by atomic mass is 10.1. The van der Waals surface area contributed by atoms with Crippen LogP contribution < -0.4 is 9.47 Å². The van der Waals surface area contributed by atoms with E-state index in [0.717, 1.165) is 5.56 Å². The van der Waals surface area contributed by atoms with Gasteiger partial charge in [0.25, 0.3) is 0 Å². The van der Waals surface area contributed by atoms with Crippen LogP contribution in [0.5, 0.6) is 11.5 Å². The smallest absolute Gasteiger partial charge is 0.160 e. The predicted molar refractivity (Wildman–Crippen MR) is 62.8 cm³/mol. The molecule has 1 N–H and O–H groups in total. The lowest BCUT2D eigenvalue weighted by molar-refractivity contribution is 0.166. The van der Waals surface area contributed by atoms with Gasteiger partial charge in [0.2, 0.25) is 0 Å². The standard InChI is InChI=1S/C11H15BrO3/c1-11(12,13)7-8-4-5-9(14-2)10(6-8)15-3/h4-6,13H,7H2,1-3H3. The minimum absolute atomic E-state index is 0.507. The van der Waals surface area contributed by atoms with E-state index in [-0.39, 0.29) is 0 Å². The highest BCUT2D eigenvalue weighted by atomic mass is 79.9. The Hall–Kier alpha value is -0.740. The van der Waals surface area contributed by atoms with Crippen molar-refractivity contribution >= 4 is 15.9 Å². The molecular formula is C11H15BrO3. The molecule has 15 heavy (non-hydrogen) atoms. The zero-order valence-corrected chi connectivity index (χ0v) is 10.7. The van der Waals surface area contributed by atoms with Crippen molar-refractivity contribution in [1.82, 2.24) is 0 Å². The fourth-order valence-corrected chi connectivity index (χ4v) is 1.69. The lowest BCUT2D eigenvalue weighted by Gasteiger charge is -2.16. The number of rotatable bonds is 4. The van der Waals surface area contributed by atoms with Crippen molar-refractivity contribution in [1.29, 1.82) is 0 Å². The molecule has 0 amide bonds. The Morgan fingerprint density at radius 1 is 1.27 bits per heavy atom. The summed E-state index contributed by atoms with van der Waals surface area (Å²) in [4.78, 5) is 0. The molecule has 0 radical (unpaired) electrons. The van der Waals surface area contributed by atoms with Gasteiger partial charge in [0.05, 0.1) is 14.2 Å². The summed E-state index contributed by atoms with van der Waals surface area (Å²) in [6.45, 7) is 1.70. The van der Waals surface area contributed by atoms with Crippen molar-refractivity contribution in [3.63, 3.8) is 0 Å². The zero-order chi connectivity index (χ0) is 11.5. The molecule has 0 aliphatic rings. The maximum Gasteiger partial charge on any atom is 0.160 e. The molecule has 1 aromatic carbocycles. The quantitative estimate of drug-likeness (QED) is 0.857. The summed E-state index contributed by atoms with van der Waals surface area (Å²) in [5.41, 5.74) is 0.981. The normalized spacial score (nSPS) is 14.5. The van der Waals surface area contributed by atoms with Gasteiger partial charge in [-0.1, -0.05) is 22.0 Å². The first kappa shape index (κ1) is 12.3. The van der Waals surface area contributed by atoms with Gasteiger partial charge in [0.1, 0.15) is 4.51 Å². The third-order valence-electron chi connectivity index (χ3n) is 1.97. The molecule has 0 aliphatic heterocycles. The number of alkyl halides is 1. The number of methoxy groups -OCH3 is 2. The number of hydrogen-bond acceptors (Lipinski definition) is 3. The van der Waals surface area contributed by atoms with E-state index in [2.05, 4.69) is 15.9 Å². The Kier molecular flexibility index (Phi) is 3.99. The molecule has 0 heterocycles. The Morgan fingerprint density at radius 3 is 2.33 bits per heavy atom. The maximum absolute atomic E-state index is 9.61. The average molecular weight is 275 g/mol. The number of benzene rings is 1. The molecule has 1 aromatic rings. The second kappa shape index (κ2) is 4.86. The van der Waals surface area contributed by atoms with Gasteiger partial charge >= 0.3 is 0 Å². The van der Waals surface area contributed by atoms with Crippen molar-refractivity contribution < 1.29 is 14.6 Å². The van der Waals surface area contributed by atoms with E-state index in [0.29, 0.717) is 17.9 Å². The van der Waals surface area contributed by atoms with E-state index in [1.165, 1.54) is 0 Å². The first-order valence-electron chi connectivity index (χ1n) is 4.58. The van der Waals surface area contributed by atoms with Crippen LogP contribution in [0.25, 0.3) is 0 Å². The highest BCUT2D eigenvalue weighted by molar-refractivity contribution is 9.10. The van der Waals surface area contributed by atoms with E-state index in [9.17, 15) is 5.11 Å². The molecule has 0 bridgehead atoms. The summed E-state index contributed by atoms with van der Waals surface area (Å²) in [5.74, 6) is 1.36. The molecule has 0 spiro atoms. The molecule has 0 aromatic heterocycles. The van der Waals surface area contributed by atoms with Gasteiger partial charge in [-0.3, -0.25) is 0 Å². The predicted octanol–water partition coefficient (Wildman–Crippen LogP) is 2.35. The van der Waals surface area contributed by atoms with Gasteiger partial charge in [-0.2, -0.15) is 0 Å². The summed E-state index contributed by atoms with van der Waals surface area (Å²) in [5, 5.41) is 9.61. The van der Waals surface area contributed by atoms with Gasteiger partial charge in [0, 0.05) is 6.42 Å². The van der Waals surface area contributed by atoms with Crippen LogP contribution in [0, 0.1) is 0 Å². The molecule has 84 valence electrons. The molecule has 0 saturated carbocycles. The van der Waals surface area contributed by atoms with Crippen molar-refractivity contribution in [2.24, 2.45) is 0 Å². The summed E-state index contributed by atoms with van der Waals surface area (Å²) in [6, 6.07) is 5.58. The van der Waals surface area contributed by atoms with Crippen molar-refractivity contribution in [2.75, 3.05) is 14.2 Å². The first-order chi connectivity index (χ1) is 6.96. The number of hydrogen-bond donors (Lipinski definition) is 1. The van der Waals surface area contributed by atoms with Crippen LogP contribution in [-0.4, -0.2) is 23.8 Å².